The van der Waals surface area contributed by atoms with Gasteiger partial charge in [0.2, 0.25) is 0 Å². The lowest BCUT2D eigenvalue weighted by atomic mass is 10.1. The first kappa shape index (κ1) is 21.7. The fraction of sp³-hybridized carbons (Fsp3) is 0.136. The van der Waals surface area contributed by atoms with Crippen LogP contribution in [0.3, 0.4) is 0 Å². The average Bonchev–Trinajstić information content (AvgIpc) is 2.74. The Morgan fingerprint density at radius 2 is 1.67 bits per heavy atom. The molecule has 0 radical (unpaired) electrons. The van der Waals surface area contributed by atoms with Crippen molar-refractivity contribution in [3.05, 3.63) is 88.9 Å². The number of hydrogen-bond acceptors (Lipinski definition) is 4. The summed E-state index contributed by atoms with van der Waals surface area (Å²) in [6.07, 6.45) is 0. The first-order chi connectivity index (χ1) is 14.3. The van der Waals surface area contributed by atoms with Gasteiger partial charge in [-0.05, 0) is 55.0 Å². The van der Waals surface area contributed by atoms with Crippen LogP contribution < -0.4 is 14.8 Å². The van der Waals surface area contributed by atoms with E-state index in [1.165, 1.54) is 18.2 Å². The first-order valence-electron chi connectivity index (χ1n) is 9.12. The van der Waals surface area contributed by atoms with Gasteiger partial charge in [0.25, 0.3) is 15.9 Å². The molecule has 8 heteroatoms. The molecule has 0 bridgehead atoms. The number of anilines is 1. The largest absolute Gasteiger partial charge is 0.497 e. The lowest BCUT2D eigenvalue weighted by molar-refractivity contribution is 0.0939. The van der Waals surface area contributed by atoms with Gasteiger partial charge < -0.3 is 10.1 Å². The van der Waals surface area contributed by atoms with Gasteiger partial charge in [-0.25, -0.2) is 8.42 Å². The Kier molecular flexibility index (Phi) is 6.64. The Morgan fingerprint density at radius 3 is 2.30 bits per heavy atom. The van der Waals surface area contributed by atoms with Gasteiger partial charge in [-0.3, -0.25) is 9.52 Å². The molecule has 3 rings (SSSR count). The van der Waals surface area contributed by atoms with E-state index < -0.39 is 15.9 Å². The molecule has 1 unspecified atom stereocenters. The molecule has 1 atom stereocenters. The van der Waals surface area contributed by atoms with Crippen LogP contribution in [0, 0.1) is 0 Å². The molecule has 0 aliphatic rings. The van der Waals surface area contributed by atoms with Crippen LogP contribution in [0.2, 0.25) is 5.02 Å². The van der Waals surface area contributed by atoms with E-state index in [2.05, 4.69) is 10.0 Å². The Bertz CT molecular complexity index is 1130. The quantitative estimate of drug-likeness (QED) is 0.556. The highest BCUT2D eigenvalue weighted by molar-refractivity contribution is 7.92. The van der Waals surface area contributed by atoms with Crippen LogP contribution >= 0.6 is 11.6 Å². The number of carbonyl (C=O) groups is 1. The molecule has 0 saturated carbocycles. The molecule has 6 nitrogen and oxygen atoms in total. The van der Waals surface area contributed by atoms with Crippen LogP contribution in [0.1, 0.15) is 28.9 Å². The topological polar surface area (TPSA) is 84.5 Å². The summed E-state index contributed by atoms with van der Waals surface area (Å²) in [5, 5.41) is 2.89. The standard InChI is InChI=1S/C22H21ClN2O4S/c1-15(16-8-11-19(29-2)12-9-16)24-22(26)17-10-13-20(23)21(14-17)30(27,28)25-18-6-4-3-5-7-18/h3-15,25H,1-2H3,(H,24,26). The monoisotopic (exact) mass is 444 g/mol. The van der Waals surface area contributed by atoms with E-state index in [0.717, 1.165) is 11.3 Å². The number of sulfonamides is 1. The van der Waals surface area contributed by atoms with Crippen LogP contribution in [-0.4, -0.2) is 21.4 Å². The molecule has 0 saturated heterocycles. The van der Waals surface area contributed by atoms with Crippen molar-refractivity contribution in [2.75, 3.05) is 11.8 Å². The number of ether oxygens (including phenoxy) is 1. The van der Waals surface area contributed by atoms with Gasteiger partial charge in [0, 0.05) is 11.3 Å². The highest BCUT2D eigenvalue weighted by atomic mass is 35.5. The van der Waals surface area contributed by atoms with Gasteiger partial charge in [-0.1, -0.05) is 41.9 Å². The van der Waals surface area contributed by atoms with E-state index in [9.17, 15) is 13.2 Å². The normalized spacial score (nSPS) is 12.1. The summed E-state index contributed by atoms with van der Waals surface area (Å²) in [4.78, 5) is 12.5. The zero-order valence-corrected chi connectivity index (χ0v) is 18.0. The molecule has 2 N–H and O–H groups in total. The van der Waals surface area contributed by atoms with Gasteiger partial charge in [0.05, 0.1) is 18.2 Å². The number of carbonyl (C=O) groups excluding carboxylic acids is 1. The van der Waals surface area contributed by atoms with Gasteiger partial charge in [-0.2, -0.15) is 0 Å². The van der Waals surface area contributed by atoms with E-state index in [-0.39, 0.29) is 21.5 Å². The van der Waals surface area contributed by atoms with Crippen LogP contribution in [0.5, 0.6) is 5.75 Å². The summed E-state index contributed by atoms with van der Waals surface area (Å²) >= 11 is 6.12. The van der Waals surface area contributed by atoms with Crippen molar-refractivity contribution in [3.63, 3.8) is 0 Å². The van der Waals surface area contributed by atoms with E-state index in [0.29, 0.717) is 5.69 Å². The van der Waals surface area contributed by atoms with E-state index in [1.54, 1.807) is 49.6 Å². The number of rotatable bonds is 7. The summed E-state index contributed by atoms with van der Waals surface area (Å²) < 4.78 is 33.1. The molecule has 3 aromatic carbocycles. The molecular formula is C22H21ClN2O4S. The third-order valence-corrected chi connectivity index (χ3v) is 6.34. The van der Waals surface area contributed by atoms with Crippen LogP contribution in [0.25, 0.3) is 0 Å². The van der Waals surface area contributed by atoms with E-state index >= 15 is 0 Å². The molecule has 0 spiro atoms. The Hall–Kier alpha value is -3.03. The Balaban J connectivity index is 1.80. The highest BCUT2D eigenvalue weighted by Crippen LogP contribution is 2.25. The minimum Gasteiger partial charge on any atom is -0.497 e. The number of para-hydroxylation sites is 1. The van der Waals surface area contributed by atoms with Crippen molar-refractivity contribution in [2.24, 2.45) is 0 Å². The third kappa shape index (κ3) is 5.11. The van der Waals surface area contributed by atoms with Crippen LogP contribution in [-0.2, 0) is 10.0 Å². The fourth-order valence-electron chi connectivity index (χ4n) is 2.82. The second-order valence-electron chi connectivity index (χ2n) is 6.59. The van der Waals surface area contributed by atoms with Crippen LogP contribution in [0.15, 0.2) is 77.7 Å². The summed E-state index contributed by atoms with van der Waals surface area (Å²) in [5.41, 5.74) is 1.47. The second kappa shape index (κ2) is 9.19. The lowest BCUT2D eigenvalue weighted by Crippen LogP contribution is -2.27. The zero-order chi connectivity index (χ0) is 21.7. The predicted molar refractivity (Wildman–Crippen MR) is 118 cm³/mol. The van der Waals surface area contributed by atoms with Gasteiger partial charge in [0.15, 0.2) is 0 Å². The molecule has 0 heterocycles. The maximum atomic E-state index is 12.8. The number of hydrogen-bond donors (Lipinski definition) is 2. The van der Waals surface area contributed by atoms with Crippen molar-refractivity contribution in [1.82, 2.24) is 5.32 Å². The number of halogens is 1. The molecular weight excluding hydrogens is 424 g/mol. The fourth-order valence-corrected chi connectivity index (χ4v) is 4.41. The number of methoxy groups -OCH3 is 1. The molecule has 1 amide bonds. The molecule has 156 valence electrons. The maximum absolute atomic E-state index is 12.8. The Morgan fingerprint density at radius 1 is 1.00 bits per heavy atom. The summed E-state index contributed by atoms with van der Waals surface area (Å²) in [5.74, 6) is 0.307. The Labute approximate surface area is 180 Å². The SMILES string of the molecule is COc1ccc(C(C)NC(=O)c2ccc(Cl)c(S(=O)(=O)Nc3ccccc3)c2)cc1. The summed E-state index contributed by atoms with van der Waals surface area (Å²) in [6.45, 7) is 1.84. The molecule has 0 aromatic heterocycles. The van der Waals surface area contributed by atoms with Gasteiger partial charge >= 0.3 is 0 Å². The second-order valence-corrected chi connectivity index (χ2v) is 8.64. The molecule has 0 aliphatic heterocycles. The molecule has 3 aromatic rings. The van der Waals surface area contributed by atoms with Crippen LogP contribution in [0.4, 0.5) is 5.69 Å². The predicted octanol–water partition coefficient (Wildman–Crippen LogP) is 4.64. The number of nitrogens with one attached hydrogen (secondary N) is 2. The number of amides is 1. The minimum atomic E-state index is -3.96. The summed E-state index contributed by atoms with van der Waals surface area (Å²) in [6, 6.07) is 19.6. The van der Waals surface area contributed by atoms with Crippen molar-refractivity contribution in [2.45, 2.75) is 17.9 Å². The van der Waals surface area contributed by atoms with Gasteiger partial charge in [-0.15, -0.1) is 0 Å². The van der Waals surface area contributed by atoms with Crippen molar-refractivity contribution < 1.29 is 17.9 Å². The van der Waals surface area contributed by atoms with Crippen molar-refractivity contribution in [3.8, 4) is 5.75 Å². The third-order valence-electron chi connectivity index (χ3n) is 4.47. The molecule has 0 aliphatic carbocycles. The zero-order valence-electron chi connectivity index (χ0n) is 16.4. The van der Waals surface area contributed by atoms with Crippen molar-refractivity contribution >= 4 is 33.2 Å². The minimum absolute atomic E-state index is 0.0261. The summed E-state index contributed by atoms with van der Waals surface area (Å²) in [7, 11) is -2.38. The average molecular weight is 445 g/mol. The number of benzene rings is 3. The highest BCUT2D eigenvalue weighted by Gasteiger charge is 2.21. The first-order valence-corrected chi connectivity index (χ1v) is 11.0. The van der Waals surface area contributed by atoms with Crippen molar-refractivity contribution in [1.29, 1.82) is 0 Å². The molecule has 30 heavy (non-hydrogen) atoms. The maximum Gasteiger partial charge on any atom is 0.263 e. The molecule has 0 fully saturated rings. The smallest absolute Gasteiger partial charge is 0.263 e. The van der Waals surface area contributed by atoms with Gasteiger partial charge in [0.1, 0.15) is 10.6 Å². The van der Waals surface area contributed by atoms with E-state index in [4.69, 9.17) is 16.3 Å². The van der Waals surface area contributed by atoms with E-state index in [1.807, 2.05) is 19.1 Å². The lowest BCUT2D eigenvalue weighted by Gasteiger charge is -2.16.